The van der Waals surface area contributed by atoms with Gasteiger partial charge in [0.2, 0.25) is 0 Å². The second-order valence-corrected chi connectivity index (χ2v) is 8.36. The van der Waals surface area contributed by atoms with E-state index in [0.717, 1.165) is 19.0 Å². The molecule has 1 saturated heterocycles. The van der Waals surface area contributed by atoms with Crippen LogP contribution in [0.3, 0.4) is 0 Å². The molecule has 3 rings (SSSR count). The van der Waals surface area contributed by atoms with Crippen molar-refractivity contribution in [3.8, 4) is 0 Å². The van der Waals surface area contributed by atoms with E-state index in [2.05, 4.69) is 72.0 Å². The molecular formula is C18H27BrN2. The van der Waals surface area contributed by atoms with Crippen molar-refractivity contribution in [3.63, 3.8) is 0 Å². The van der Waals surface area contributed by atoms with Gasteiger partial charge in [0.1, 0.15) is 0 Å². The van der Waals surface area contributed by atoms with E-state index in [4.69, 9.17) is 0 Å². The third-order valence-corrected chi connectivity index (χ3v) is 5.82. The fourth-order valence-corrected chi connectivity index (χ4v) is 4.24. The van der Waals surface area contributed by atoms with E-state index < -0.39 is 0 Å². The van der Waals surface area contributed by atoms with Crippen molar-refractivity contribution in [3.05, 3.63) is 28.2 Å². The quantitative estimate of drug-likeness (QED) is 0.870. The highest BCUT2D eigenvalue weighted by molar-refractivity contribution is 9.10. The van der Waals surface area contributed by atoms with Crippen LogP contribution >= 0.6 is 15.9 Å². The molecule has 1 aliphatic heterocycles. The molecule has 0 aromatic heterocycles. The summed E-state index contributed by atoms with van der Waals surface area (Å²) in [4.78, 5) is 2.67. The third kappa shape index (κ3) is 3.00. The second kappa shape index (κ2) is 5.58. The molecule has 0 amide bonds. The van der Waals surface area contributed by atoms with Crippen LogP contribution in [0, 0.1) is 18.8 Å². The zero-order chi connectivity index (χ0) is 15.2. The van der Waals surface area contributed by atoms with Gasteiger partial charge in [-0.3, -0.25) is 0 Å². The van der Waals surface area contributed by atoms with E-state index in [1.54, 1.807) is 0 Å². The van der Waals surface area contributed by atoms with E-state index in [9.17, 15) is 0 Å². The fraction of sp³-hybridized carbons (Fsp3) is 0.667. The van der Waals surface area contributed by atoms with Gasteiger partial charge in [-0.15, -0.1) is 0 Å². The molecule has 1 heterocycles. The Morgan fingerprint density at radius 3 is 2.62 bits per heavy atom. The van der Waals surface area contributed by atoms with Crippen LogP contribution in [-0.4, -0.2) is 24.7 Å². The predicted octanol–water partition coefficient (Wildman–Crippen LogP) is 4.36. The molecule has 0 radical (unpaired) electrons. The van der Waals surface area contributed by atoms with Crippen molar-refractivity contribution in [1.82, 2.24) is 5.32 Å². The molecule has 2 aliphatic rings. The average molecular weight is 351 g/mol. The zero-order valence-corrected chi connectivity index (χ0v) is 15.2. The van der Waals surface area contributed by atoms with Crippen molar-refractivity contribution >= 4 is 21.6 Å². The van der Waals surface area contributed by atoms with Crippen molar-refractivity contribution in [2.45, 2.75) is 52.1 Å². The van der Waals surface area contributed by atoms with Gasteiger partial charge >= 0.3 is 0 Å². The van der Waals surface area contributed by atoms with E-state index in [0.29, 0.717) is 12.0 Å². The Morgan fingerprint density at radius 2 is 2.05 bits per heavy atom. The van der Waals surface area contributed by atoms with E-state index in [1.807, 2.05) is 0 Å². The largest absolute Gasteiger partial charge is 0.365 e. The maximum atomic E-state index is 3.87. The van der Waals surface area contributed by atoms with E-state index in [-0.39, 0.29) is 5.54 Å². The number of piperazine rings is 1. The molecule has 1 aromatic carbocycles. The number of rotatable bonds is 3. The molecule has 0 spiro atoms. The Hall–Kier alpha value is -0.540. The molecule has 1 saturated carbocycles. The summed E-state index contributed by atoms with van der Waals surface area (Å²) >= 11 is 3.59. The van der Waals surface area contributed by atoms with Crippen molar-refractivity contribution in [2.75, 3.05) is 18.0 Å². The highest BCUT2D eigenvalue weighted by atomic mass is 79.9. The Balaban J connectivity index is 1.93. The van der Waals surface area contributed by atoms with Crippen LogP contribution in [0.25, 0.3) is 0 Å². The number of hydrogen-bond acceptors (Lipinski definition) is 2. The first-order valence-corrected chi connectivity index (χ1v) is 8.98. The Labute approximate surface area is 137 Å². The average Bonchev–Trinajstić information content (AvgIpc) is 3.22. The Bertz CT molecular complexity index is 524. The molecule has 3 heteroatoms. The maximum Gasteiger partial charge on any atom is 0.0438 e. The summed E-state index contributed by atoms with van der Waals surface area (Å²) in [5.74, 6) is 1.52. The number of halogens is 1. The lowest BCUT2D eigenvalue weighted by Crippen LogP contribution is -2.65. The minimum atomic E-state index is 0.283. The van der Waals surface area contributed by atoms with Crippen LogP contribution in [0.15, 0.2) is 22.7 Å². The van der Waals surface area contributed by atoms with Gasteiger partial charge < -0.3 is 10.2 Å². The zero-order valence-electron chi connectivity index (χ0n) is 13.6. The topological polar surface area (TPSA) is 15.3 Å². The molecule has 21 heavy (non-hydrogen) atoms. The Kier molecular flexibility index (Phi) is 4.08. The van der Waals surface area contributed by atoms with Gasteiger partial charge in [-0.25, -0.2) is 0 Å². The summed E-state index contributed by atoms with van der Waals surface area (Å²) in [5.41, 5.74) is 3.06. The minimum Gasteiger partial charge on any atom is -0.365 e. The van der Waals surface area contributed by atoms with Gasteiger partial charge in [-0.1, -0.05) is 29.8 Å². The molecule has 116 valence electrons. The first-order valence-electron chi connectivity index (χ1n) is 8.18. The van der Waals surface area contributed by atoms with Gasteiger partial charge in [-0.05, 0) is 62.3 Å². The molecule has 0 bridgehead atoms. The monoisotopic (exact) mass is 350 g/mol. The number of anilines is 1. The lowest BCUT2D eigenvalue weighted by molar-refractivity contribution is 0.233. The summed E-state index contributed by atoms with van der Waals surface area (Å²) in [5, 5.41) is 3.87. The molecule has 1 N–H and O–H groups in total. The predicted molar refractivity (Wildman–Crippen MR) is 94.0 cm³/mol. The van der Waals surface area contributed by atoms with Crippen molar-refractivity contribution < 1.29 is 0 Å². The Morgan fingerprint density at radius 1 is 1.33 bits per heavy atom. The molecular weight excluding hydrogens is 324 g/mol. The van der Waals surface area contributed by atoms with Crippen molar-refractivity contribution in [2.24, 2.45) is 11.8 Å². The fourth-order valence-electron chi connectivity index (χ4n) is 3.77. The van der Waals surface area contributed by atoms with Crippen LogP contribution < -0.4 is 10.2 Å². The van der Waals surface area contributed by atoms with Crippen LogP contribution in [0.4, 0.5) is 5.69 Å². The summed E-state index contributed by atoms with van der Waals surface area (Å²) in [7, 11) is 0. The van der Waals surface area contributed by atoms with Gasteiger partial charge in [0.15, 0.2) is 0 Å². The highest BCUT2D eigenvalue weighted by Gasteiger charge is 2.46. The van der Waals surface area contributed by atoms with Gasteiger partial charge in [0, 0.05) is 34.8 Å². The van der Waals surface area contributed by atoms with Crippen LogP contribution in [-0.2, 0) is 0 Å². The number of hydrogen-bond donors (Lipinski definition) is 1. The second-order valence-electron chi connectivity index (χ2n) is 7.44. The smallest absolute Gasteiger partial charge is 0.0438 e. The third-order valence-electron chi connectivity index (χ3n) is 5.33. The SMILES string of the molecule is Cc1cc(Br)ccc1N1CC(C)(C2CC2)NCC1C(C)C. The van der Waals surface area contributed by atoms with E-state index in [1.165, 1.54) is 28.6 Å². The number of nitrogens with one attached hydrogen (secondary N) is 1. The molecule has 1 aromatic rings. The van der Waals surface area contributed by atoms with Gasteiger partial charge in [0.05, 0.1) is 0 Å². The first kappa shape index (κ1) is 15.4. The van der Waals surface area contributed by atoms with Gasteiger partial charge in [0.25, 0.3) is 0 Å². The van der Waals surface area contributed by atoms with Crippen LogP contribution in [0.2, 0.25) is 0 Å². The molecule has 2 unspecified atom stereocenters. The lowest BCUT2D eigenvalue weighted by Gasteiger charge is -2.49. The van der Waals surface area contributed by atoms with E-state index >= 15 is 0 Å². The summed E-state index contributed by atoms with van der Waals surface area (Å²) in [6.45, 7) is 11.6. The summed E-state index contributed by atoms with van der Waals surface area (Å²) in [6.07, 6.45) is 2.78. The van der Waals surface area contributed by atoms with Crippen LogP contribution in [0.1, 0.15) is 39.2 Å². The maximum absolute atomic E-state index is 3.87. The summed E-state index contributed by atoms with van der Waals surface area (Å²) in [6, 6.07) is 7.28. The normalized spacial score (nSPS) is 30.0. The minimum absolute atomic E-state index is 0.283. The number of aryl methyl sites for hydroxylation is 1. The van der Waals surface area contributed by atoms with Crippen LogP contribution in [0.5, 0.6) is 0 Å². The lowest BCUT2D eigenvalue weighted by atomic mass is 9.87. The first-order chi connectivity index (χ1) is 9.90. The standard InChI is InChI=1S/C18H27BrN2/c1-12(2)17-10-20-18(4,14-5-6-14)11-21(17)16-8-7-15(19)9-13(16)3/h7-9,12,14,17,20H,5-6,10-11H2,1-4H3. The summed E-state index contributed by atoms with van der Waals surface area (Å²) < 4.78 is 1.17. The molecule has 2 nitrogen and oxygen atoms in total. The van der Waals surface area contributed by atoms with Crippen molar-refractivity contribution in [1.29, 1.82) is 0 Å². The highest BCUT2D eigenvalue weighted by Crippen LogP contribution is 2.43. The molecule has 2 fully saturated rings. The molecule has 1 aliphatic carbocycles. The number of benzene rings is 1. The van der Waals surface area contributed by atoms with Gasteiger partial charge in [-0.2, -0.15) is 0 Å². The molecule has 2 atom stereocenters. The number of nitrogens with zero attached hydrogens (tertiary/aromatic N) is 1.